The molecule has 20 heavy (non-hydrogen) atoms. The summed E-state index contributed by atoms with van der Waals surface area (Å²) in [4.78, 5) is 10.9. The van der Waals surface area contributed by atoms with E-state index in [1.165, 1.54) is 18.4 Å². The molecule has 0 spiro atoms. The standard InChI is InChI=1S/C16H24N2O2/c1-2-3-14(15-11-17-8-9-18-15)10-12-4-6-13(7-5-12)16(19)20/h4-7,14-15,17-18H,2-3,8-11H2,1H3,(H,19,20). The molecular weight excluding hydrogens is 252 g/mol. The van der Waals surface area contributed by atoms with E-state index in [1.54, 1.807) is 12.1 Å². The zero-order valence-corrected chi connectivity index (χ0v) is 12.1. The molecule has 1 aromatic rings. The fraction of sp³-hybridized carbons (Fsp3) is 0.562. The van der Waals surface area contributed by atoms with Crippen LogP contribution < -0.4 is 10.6 Å². The van der Waals surface area contributed by atoms with E-state index in [9.17, 15) is 4.79 Å². The van der Waals surface area contributed by atoms with Crippen LogP contribution in [-0.4, -0.2) is 36.8 Å². The number of carboxylic acid groups (broad SMARTS) is 1. The van der Waals surface area contributed by atoms with Crippen molar-refractivity contribution in [3.63, 3.8) is 0 Å². The molecule has 0 aliphatic carbocycles. The molecule has 0 radical (unpaired) electrons. The molecule has 0 bridgehead atoms. The lowest BCUT2D eigenvalue weighted by Crippen LogP contribution is -2.52. The fourth-order valence-electron chi connectivity index (χ4n) is 2.91. The van der Waals surface area contributed by atoms with Gasteiger partial charge >= 0.3 is 5.97 Å². The minimum Gasteiger partial charge on any atom is -0.478 e. The number of benzene rings is 1. The highest BCUT2D eigenvalue weighted by Gasteiger charge is 2.22. The Balaban J connectivity index is 2.01. The van der Waals surface area contributed by atoms with E-state index < -0.39 is 5.97 Å². The van der Waals surface area contributed by atoms with E-state index in [2.05, 4.69) is 17.6 Å². The predicted molar refractivity (Wildman–Crippen MR) is 80.2 cm³/mol. The lowest BCUT2D eigenvalue weighted by atomic mass is 9.87. The second kappa shape index (κ2) is 7.41. The van der Waals surface area contributed by atoms with Crippen molar-refractivity contribution >= 4 is 5.97 Å². The molecule has 110 valence electrons. The van der Waals surface area contributed by atoms with Crippen LogP contribution >= 0.6 is 0 Å². The van der Waals surface area contributed by atoms with Gasteiger partial charge in [0.2, 0.25) is 0 Å². The quantitative estimate of drug-likeness (QED) is 0.743. The van der Waals surface area contributed by atoms with E-state index in [0.29, 0.717) is 17.5 Å². The van der Waals surface area contributed by atoms with Crippen molar-refractivity contribution < 1.29 is 9.90 Å². The largest absolute Gasteiger partial charge is 0.478 e. The predicted octanol–water partition coefficient (Wildman–Crippen LogP) is 1.91. The van der Waals surface area contributed by atoms with Gasteiger partial charge in [0.05, 0.1) is 5.56 Å². The normalized spacial score (nSPS) is 20.6. The maximum Gasteiger partial charge on any atom is 0.335 e. The van der Waals surface area contributed by atoms with Gasteiger partial charge < -0.3 is 15.7 Å². The Morgan fingerprint density at radius 2 is 2.10 bits per heavy atom. The molecule has 2 rings (SSSR count). The van der Waals surface area contributed by atoms with Crippen LogP contribution in [-0.2, 0) is 6.42 Å². The van der Waals surface area contributed by atoms with Crippen molar-refractivity contribution in [3.8, 4) is 0 Å². The lowest BCUT2D eigenvalue weighted by Gasteiger charge is -2.32. The Morgan fingerprint density at radius 1 is 1.35 bits per heavy atom. The monoisotopic (exact) mass is 276 g/mol. The molecule has 1 saturated heterocycles. The van der Waals surface area contributed by atoms with Crippen LogP contribution in [0.3, 0.4) is 0 Å². The SMILES string of the molecule is CCCC(Cc1ccc(C(=O)O)cc1)C1CNCCN1. The van der Waals surface area contributed by atoms with Gasteiger partial charge in [0.25, 0.3) is 0 Å². The number of hydrogen-bond acceptors (Lipinski definition) is 3. The van der Waals surface area contributed by atoms with E-state index in [0.717, 1.165) is 26.1 Å². The third-order valence-electron chi connectivity index (χ3n) is 4.00. The first-order valence-electron chi connectivity index (χ1n) is 7.47. The first kappa shape index (κ1) is 15.0. The van der Waals surface area contributed by atoms with Crippen molar-refractivity contribution in [2.45, 2.75) is 32.2 Å². The number of rotatable bonds is 6. The first-order chi connectivity index (χ1) is 9.70. The summed E-state index contributed by atoms with van der Waals surface area (Å²) >= 11 is 0. The molecular formula is C16H24N2O2. The van der Waals surface area contributed by atoms with Crippen LogP contribution in [0.4, 0.5) is 0 Å². The maximum absolute atomic E-state index is 10.9. The molecule has 2 unspecified atom stereocenters. The van der Waals surface area contributed by atoms with Gasteiger partial charge in [0.15, 0.2) is 0 Å². The Kier molecular flexibility index (Phi) is 5.56. The van der Waals surface area contributed by atoms with Gasteiger partial charge in [-0.05, 0) is 36.5 Å². The molecule has 4 nitrogen and oxygen atoms in total. The first-order valence-corrected chi connectivity index (χ1v) is 7.47. The van der Waals surface area contributed by atoms with E-state index in [4.69, 9.17) is 5.11 Å². The molecule has 2 atom stereocenters. The summed E-state index contributed by atoms with van der Waals surface area (Å²) in [6.45, 7) is 5.32. The number of nitrogens with one attached hydrogen (secondary N) is 2. The molecule has 0 saturated carbocycles. The van der Waals surface area contributed by atoms with Gasteiger partial charge in [-0.15, -0.1) is 0 Å². The summed E-state index contributed by atoms with van der Waals surface area (Å²) in [7, 11) is 0. The van der Waals surface area contributed by atoms with Gasteiger partial charge in [0, 0.05) is 25.7 Å². The van der Waals surface area contributed by atoms with Crippen LogP contribution in [0, 0.1) is 5.92 Å². The minimum atomic E-state index is -0.861. The van der Waals surface area contributed by atoms with E-state index in [-0.39, 0.29) is 0 Å². The van der Waals surface area contributed by atoms with Gasteiger partial charge in [-0.3, -0.25) is 0 Å². The smallest absolute Gasteiger partial charge is 0.335 e. The average molecular weight is 276 g/mol. The molecule has 1 aliphatic rings. The van der Waals surface area contributed by atoms with Gasteiger partial charge in [0.1, 0.15) is 0 Å². The molecule has 4 heteroatoms. The second-order valence-corrected chi connectivity index (χ2v) is 5.52. The number of aromatic carboxylic acids is 1. The maximum atomic E-state index is 10.9. The highest BCUT2D eigenvalue weighted by molar-refractivity contribution is 5.87. The van der Waals surface area contributed by atoms with Crippen molar-refractivity contribution in [3.05, 3.63) is 35.4 Å². The summed E-state index contributed by atoms with van der Waals surface area (Å²) in [5.41, 5.74) is 1.58. The van der Waals surface area contributed by atoms with E-state index >= 15 is 0 Å². The summed E-state index contributed by atoms with van der Waals surface area (Å²) in [5.74, 6) is -0.261. The van der Waals surface area contributed by atoms with Crippen molar-refractivity contribution in [2.24, 2.45) is 5.92 Å². The van der Waals surface area contributed by atoms with Crippen LogP contribution in [0.15, 0.2) is 24.3 Å². The average Bonchev–Trinajstić information content (AvgIpc) is 2.48. The van der Waals surface area contributed by atoms with Crippen molar-refractivity contribution in [1.82, 2.24) is 10.6 Å². The van der Waals surface area contributed by atoms with Crippen LogP contribution in [0.5, 0.6) is 0 Å². The fourth-order valence-corrected chi connectivity index (χ4v) is 2.91. The Morgan fingerprint density at radius 3 is 2.65 bits per heavy atom. The second-order valence-electron chi connectivity index (χ2n) is 5.52. The van der Waals surface area contributed by atoms with Crippen molar-refractivity contribution in [1.29, 1.82) is 0 Å². The van der Waals surface area contributed by atoms with Gasteiger partial charge in [-0.1, -0.05) is 25.5 Å². The molecule has 1 aliphatic heterocycles. The molecule has 0 amide bonds. The third kappa shape index (κ3) is 4.05. The van der Waals surface area contributed by atoms with Crippen molar-refractivity contribution in [2.75, 3.05) is 19.6 Å². The summed E-state index contributed by atoms with van der Waals surface area (Å²) in [6, 6.07) is 7.81. The number of hydrogen-bond donors (Lipinski definition) is 3. The molecule has 1 heterocycles. The number of carboxylic acids is 1. The zero-order valence-electron chi connectivity index (χ0n) is 12.1. The minimum absolute atomic E-state index is 0.359. The number of carbonyl (C=O) groups is 1. The molecule has 1 fully saturated rings. The molecule has 1 aromatic carbocycles. The summed E-state index contributed by atoms with van der Waals surface area (Å²) < 4.78 is 0. The zero-order chi connectivity index (χ0) is 14.4. The van der Waals surface area contributed by atoms with Gasteiger partial charge in [-0.25, -0.2) is 4.79 Å². The van der Waals surface area contributed by atoms with Crippen LogP contribution in [0.25, 0.3) is 0 Å². The molecule has 0 aromatic heterocycles. The Labute approximate surface area is 120 Å². The lowest BCUT2D eigenvalue weighted by molar-refractivity contribution is 0.0697. The topological polar surface area (TPSA) is 61.4 Å². The van der Waals surface area contributed by atoms with Crippen LogP contribution in [0.2, 0.25) is 0 Å². The highest BCUT2D eigenvalue weighted by Crippen LogP contribution is 2.19. The third-order valence-corrected chi connectivity index (χ3v) is 4.00. The summed E-state index contributed by atoms with van der Waals surface area (Å²) in [5, 5.41) is 16.0. The van der Waals surface area contributed by atoms with Crippen LogP contribution in [0.1, 0.15) is 35.7 Å². The van der Waals surface area contributed by atoms with Gasteiger partial charge in [-0.2, -0.15) is 0 Å². The highest BCUT2D eigenvalue weighted by atomic mass is 16.4. The number of piperazine rings is 1. The Bertz CT molecular complexity index is 425. The molecule has 3 N–H and O–H groups in total. The van der Waals surface area contributed by atoms with E-state index in [1.807, 2.05) is 12.1 Å². The Hall–Kier alpha value is -1.39. The summed E-state index contributed by atoms with van der Waals surface area (Å²) in [6.07, 6.45) is 3.38.